The molecule has 0 radical (unpaired) electrons. The summed E-state index contributed by atoms with van der Waals surface area (Å²) >= 11 is 0. The van der Waals surface area contributed by atoms with Crippen molar-refractivity contribution in [2.45, 2.75) is 0 Å². The second-order valence-electron chi connectivity index (χ2n) is 3.96. The van der Waals surface area contributed by atoms with Crippen molar-refractivity contribution in [2.24, 2.45) is 0 Å². The van der Waals surface area contributed by atoms with Crippen LogP contribution in [-0.4, -0.2) is 20.9 Å². The van der Waals surface area contributed by atoms with E-state index in [-0.39, 0.29) is 7.92 Å². The van der Waals surface area contributed by atoms with Gasteiger partial charge in [-0.3, -0.25) is 0 Å². The number of benzene rings is 2. The lowest BCUT2D eigenvalue weighted by molar-refractivity contribution is 0.415. The van der Waals surface area contributed by atoms with Gasteiger partial charge in [0.25, 0.3) is 0 Å². The Morgan fingerprint density at radius 3 is 1.28 bits per heavy atom. The molecule has 0 saturated heterocycles. The highest BCUT2D eigenvalue weighted by molar-refractivity contribution is 7.72. The Morgan fingerprint density at radius 2 is 1.00 bits per heavy atom. The molecular formula is C15H17O2P. The van der Waals surface area contributed by atoms with Crippen molar-refractivity contribution < 1.29 is 9.47 Å². The first-order valence-electron chi connectivity index (χ1n) is 5.76. The van der Waals surface area contributed by atoms with Crippen LogP contribution in [0.2, 0.25) is 0 Å². The highest BCUT2D eigenvalue weighted by Crippen LogP contribution is 2.29. The van der Waals surface area contributed by atoms with E-state index in [2.05, 4.69) is 30.9 Å². The van der Waals surface area contributed by atoms with Crippen LogP contribution >= 0.6 is 7.92 Å². The molecule has 0 bridgehead atoms. The maximum atomic E-state index is 5.18. The van der Waals surface area contributed by atoms with Gasteiger partial charge in [0, 0.05) is 0 Å². The number of methoxy groups -OCH3 is 2. The third kappa shape index (κ3) is 2.83. The fraction of sp³-hybridized carbons (Fsp3) is 0.200. The first kappa shape index (κ1) is 12.9. The zero-order valence-corrected chi connectivity index (χ0v) is 11.8. The Kier molecular flexibility index (Phi) is 4.22. The molecule has 0 aliphatic carbocycles. The molecule has 0 aliphatic rings. The summed E-state index contributed by atoms with van der Waals surface area (Å²) in [4.78, 5) is 0. The fourth-order valence-corrected chi connectivity index (χ4v) is 3.25. The van der Waals surface area contributed by atoms with E-state index in [1.165, 1.54) is 10.6 Å². The lowest BCUT2D eigenvalue weighted by atomic mass is 10.3. The van der Waals surface area contributed by atoms with E-state index in [0.717, 1.165) is 11.5 Å². The summed E-state index contributed by atoms with van der Waals surface area (Å²) in [5.74, 6) is 1.80. The molecule has 2 nitrogen and oxygen atoms in total. The fourth-order valence-electron chi connectivity index (χ4n) is 1.76. The van der Waals surface area contributed by atoms with Gasteiger partial charge in [-0.15, -0.1) is 0 Å². The Hall–Kier alpha value is -1.53. The van der Waals surface area contributed by atoms with E-state index in [0.29, 0.717) is 0 Å². The normalized spacial score (nSPS) is 10.4. The minimum atomic E-state index is -0.317. The maximum Gasteiger partial charge on any atom is 0.118 e. The highest BCUT2D eigenvalue weighted by Gasteiger charge is 2.07. The molecule has 0 aliphatic heterocycles. The van der Waals surface area contributed by atoms with Crippen LogP contribution in [0.4, 0.5) is 0 Å². The van der Waals surface area contributed by atoms with Gasteiger partial charge in [-0.25, -0.2) is 0 Å². The van der Waals surface area contributed by atoms with Gasteiger partial charge in [-0.2, -0.15) is 0 Å². The lowest BCUT2D eigenvalue weighted by Crippen LogP contribution is -2.10. The van der Waals surface area contributed by atoms with Crippen LogP contribution in [-0.2, 0) is 0 Å². The monoisotopic (exact) mass is 260 g/mol. The Bertz CT molecular complexity index is 443. The van der Waals surface area contributed by atoms with Crippen LogP contribution in [0.15, 0.2) is 48.5 Å². The third-order valence-corrected chi connectivity index (χ3v) is 5.06. The van der Waals surface area contributed by atoms with Crippen LogP contribution in [0.1, 0.15) is 0 Å². The van der Waals surface area contributed by atoms with Crippen LogP contribution in [0.3, 0.4) is 0 Å². The summed E-state index contributed by atoms with van der Waals surface area (Å²) in [5, 5.41) is 2.69. The molecule has 0 atom stereocenters. The van der Waals surface area contributed by atoms with Crippen molar-refractivity contribution in [1.82, 2.24) is 0 Å². The predicted molar refractivity (Wildman–Crippen MR) is 78.1 cm³/mol. The van der Waals surface area contributed by atoms with E-state index < -0.39 is 0 Å². The molecule has 0 N–H and O–H groups in total. The Labute approximate surface area is 109 Å². The highest BCUT2D eigenvalue weighted by atomic mass is 31.1. The molecule has 2 aromatic rings. The molecule has 0 unspecified atom stereocenters. The second-order valence-corrected chi connectivity index (χ2v) is 6.11. The van der Waals surface area contributed by atoms with Gasteiger partial charge < -0.3 is 9.47 Å². The van der Waals surface area contributed by atoms with Crippen LogP contribution < -0.4 is 20.1 Å². The molecule has 2 aromatic carbocycles. The number of hydrogen-bond acceptors (Lipinski definition) is 2. The Balaban J connectivity index is 2.20. The maximum absolute atomic E-state index is 5.18. The van der Waals surface area contributed by atoms with Gasteiger partial charge >= 0.3 is 0 Å². The molecule has 0 spiro atoms. The molecule has 18 heavy (non-hydrogen) atoms. The molecule has 94 valence electrons. The van der Waals surface area contributed by atoms with E-state index in [9.17, 15) is 0 Å². The van der Waals surface area contributed by atoms with Gasteiger partial charge in [0.15, 0.2) is 0 Å². The number of hydrogen-bond donors (Lipinski definition) is 0. The minimum absolute atomic E-state index is 0.317. The van der Waals surface area contributed by atoms with Crippen molar-refractivity contribution in [3.05, 3.63) is 48.5 Å². The van der Waals surface area contributed by atoms with Crippen molar-refractivity contribution in [2.75, 3.05) is 20.9 Å². The first-order chi connectivity index (χ1) is 8.74. The van der Waals surface area contributed by atoms with Crippen molar-refractivity contribution in [3.8, 4) is 11.5 Å². The van der Waals surface area contributed by atoms with Gasteiger partial charge in [-0.1, -0.05) is 24.3 Å². The topological polar surface area (TPSA) is 18.5 Å². The zero-order chi connectivity index (χ0) is 13.0. The standard InChI is InChI=1S/C15H17O2P/c1-16-12-4-8-14(9-5-12)18(3)15-10-6-13(17-2)7-11-15/h4-11H,1-3H3. The van der Waals surface area contributed by atoms with E-state index >= 15 is 0 Å². The SMILES string of the molecule is COc1ccc(P(C)c2ccc(OC)cc2)cc1. The summed E-state index contributed by atoms with van der Waals surface area (Å²) in [6, 6.07) is 16.6. The van der Waals surface area contributed by atoms with Crippen LogP contribution in [0, 0.1) is 0 Å². The van der Waals surface area contributed by atoms with Gasteiger partial charge in [-0.05, 0) is 49.5 Å². The molecule has 0 aromatic heterocycles. The van der Waals surface area contributed by atoms with Gasteiger partial charge in [0.2, 0.25) is 0 Å². The van der Waals surface area contributed by atoms with E-state index in [1.807, 2.05) is 24.3 Å². The smallest absolute Gasteiger partial charge is 0.118 e. The summed E-state index contributed by atoms with van der Waals surface area (Å²) in [6.07, 6.45) is 0. The largest absolute Gasteiger partial charge is 0.497 e. The molecule has 0 amide bonds. The molecule has 0 heterocycles. The second kappa shape index (κ2) is 5.88. The number of rotatable bonds is 4. The predicted octanol–water partition coefficient (Wildman–Crippen LogP) is 2.77. The molecule has 0 fully saturated rings. The summed E-state index contributed by atoms with van der Waals surface area (Å²) in [5.41, 5.74) is 0. The van der Waals surface area contributed by atoms with Gasteiger partial charge in [0.1, 0.15) is 11.5 Å². The lowest BCUT2D eigenvalue weighted by Gasteiger charge is -2.14. The average Bonchev–Trinajstić information content (AvgIpc) is 2.47. The summed E-state index contributed by atoms with van der Waals surface area (Å²) in [6.45, 7) is 2.26. The molecule has 3 heteroatoms. The van der Waals surface area contributed by atoms with Crippen LogP contribution in [0.25, 0.3) is 0 Å². The Morgan fingerprint density at radius 1 is 0.667 bits per heavy atom. The molecule has 0 saturated carbocycles. The summed E-state index contributed by atoms with van der Waals surface area (Å²) in [7, 11) is 3.06. The van der Waals surface area contributed by atoms with Crippen molar-refractivity contribution in [1.29, 1.82) is 0 Å². The molecular weight excluding hydrogens is 243 g/mol. The number of ether oxygens (including phenoxy) is 2. The van der Waals surface area contributed by atoms with Crippen molar-refractivity contribution in [3.63, 3.8) is 0 Å². The quantitative estimate of drug-likeness (QED) is 0.787. The zero-order valence-electron chi connectivity index (χ0n) is 10.9. The van der Waals surface area contributed by atoms with Crippen LogP contribution in [0.5, 0.6) is 11.5 Å². The average molecular weight is 260 g/mol. The third-order valence-electron chi connectivity index (χ3n) is 2.92. The minimum Gasteiger partial charge on any atom is -0.497 e. The van der Waals surface area contributed by atoms with Gasteiger partial charge in [0.05, 0.1) is 14.2 Å². The molecule has 2 rings (SSSR count). The summed E-state index contributed by atoms with van der Waals surface area (Å²) < 4.78 is 10.4. The van der Waals surface area contributed by atoms with Crippen molar-refractivity contribution >= 4 is 18.5 Å². The van der Waals surface area contributed by atoms with E-state index in [4.69, 9.17) is 9.47 Å². The van der Waals surface area contributed by atoms with E-state index in [1.54, 1.807) is 14.2 Å². The first-order valence-corrected chi connectivity index (χ1v) is 7.55.